The number of ether oxygens (including phenoxy) is 1. The summed E-state index contributed by atoms with van der Waals surface area (Å²) in [5.74, 6) is -0.0370. The van der Waals surface area contributed by atoms with Crippen molar-refractivity contribution in [2.45, 2.75) is 23.8 Å². The lowest BCUT2D eigenvalue weighted by molar-refractivity contribution is -0.385. The van der Waals surface area contributed by atoms with Gasteiger partial charge in [-0.3, -0.25) is 10.1 Å². The Labute approximate surface area is 172 Å². The summed E-state index contributed by atoms with van der Waals surface area (Å²) in [7, 11) is -3.38. The van der Waals surface area contributed by atoms with Gasteiger partial charge in [-0.1, -0.05) is 0 Å². The molecular formula is C18H20N4O7S. The third-order valence-electron chi connectivity index (χ3n) is 4.66. The minimum Gasteiger partial charge on any atom is -0.465 e. The molecule has 3 rings (SSSR count). The van der Waals surface area contributed by atoms with Gasteiger partial charge in [0, 0.05) is 31.6 Å². The third kappa shape index (κ3) is 4.95. The van der Waals surface area contributed by atoms with E-state index in [9.17, 15) is 23.3 Å². The molecule has 0 unspecified atom stereocenters. The summed E-state index contributed by atoms with van der Waals surface area (Å²) < 4.78 is 28.6. The molecule has 160 valence electrons. The molecule has 1 aliphatic heterocycles. The monoisotopic (exact) mass is 436 g/mol. The highest BCUT2D eigenvalue weighted by atomic mass is 32.2. The molecular weight excluding hydrogens is 416 g/mol. The molecule has 1 fully saturated rings. The summed E-state index contributed by atoms with van der Waals surface area (Å²) in [6.07, 6.45) is 2.47. The second-order valence-corrected chi connectivity index (χ2v) is 8.82. The average molecular weight is 436 g/mol. The number of nitro groups is 1. The number of hydrogen-bond donors (Lipinski definition) is 2. The van der Waals surface area contributed by atoms with Crippen molar-refractivity contribution < 1.29 is 28.0 Å². The molecule has 1 aliphatic rings. The van der Waals surface area contributed by atoms with E-state index in [1.165, 1.54) is 41.4 Å². The number of piperidine rings is 1. The standard InChI is InChI=1S/C18H20N4O7S/c1-30(27,28)14-4-2-13(3-5-14)29-17-16(22(25)26)15(6-9-19-17)20-12-7-10-21(11-8-12)18(23)24/h2-6,9,12H,7-8,10-11H2,1H3,(H,19,20)(H,23,24). The maximum absolute atomic E-state index is 11.7. The second-order valence-electron chi connectivity index (χ2n) is 6.80. The van der Waals surface area contributed by atoms with Gasteiger partial charge < -0.3 is 20.1 Å². The van der Waals surface area contributed by atoms with Crippen molar-refractivity contribution in [1.82, 2.24) is 9.88 Å². The molecule has 0 aliphatic carbocycles. The van der Waals surface area contributed by atoms with Gasteiger partial charge in [0.25, 0.3) is 0 Å². The van der Waals surface area contributed by atoms with Crippen LogP contribution in [0.4, 0.5) is 16.2 Å². The van der Waals surface area contributed by atoms with Gasteiger partial charge in [-0.2, -0.15) is 0 Å². The molecule has 30 heavy (non-hydrogen) atoms. The van der Waals surface area contributed by atoms with E-state index >= 15 is 0 Å². The molecule has 0 bridgehead atoms. The van der Waals surface area contributed by atoms with Crippen LogP contribution in [-0.4, -0.2) is 59.8 Å². The number of pyridine rings is 1. The van der Waals surface area contributed by atoms with Gasteiger partial charge in [0.2, 0.25) is 0 Å². The Morgan fingerprint density at radius 3 is 2.43 bits per heavy atom. The molecule has 1 aromatic heterocycles. The fraction of sp³-hybridized carbons (Fsp3) is 0.333. The van der Waals surface area contributed by atoms with Crippen LogP contribution in [0.15, 0.2) is 41.4 Å². The minimum absolute atomic E-state index is 0.0976. The number of nitrogens with zero attached hydrogens (tertiary/aromatic N) is 3. The predicted octanol–water partition coefficient (Wildman–Crippen LogP) is 2.74. The van der Waals surface area contributed by atoms with E-state index in [0.29, 0.717) is 25.9 Å². The topological polar surface area (TPSA) is 152 Å². The van der Waals surface area contributed by atoms with Crippen LogP contribution in [0.5, 0.6) is 11.6 Å². The van der Waals surface area contributed by atoms with Crippen molar-refractivity contribution in [3.05, 3.63) is 46.6 Å². The number of aromatic nitrogens is 1. The van der Waals surface area contributed by atoms with Crippen LogP contribution in [-0.2, 0) is 9.84 Å². The summed E-state index contributed by atoms with van der Waals surface area (Å²) in [5.41, 5.74) is -0.142. The van der Waals surface area contributed by atoms with E-state index in [4.69, 9.17) is 9.84 Å². The van der Waals surface area contributed by atoms with Crippen LogP contribution in [0, 0.1) is 10.1 Å². The van der Waals surface area contributed by atoms with Gasteiger partial charge in [0.1, 0.15) is 11.4 Å². The Bertz CT molecular complexity index is 1050. The fourth-order valence-electron chi connectivity index (χ4n) is 3.10. The number of hydrogen-bond acceptors (Lipinski definition) is 8. The number of rotatable bonds is 6. The molecule has 11 nitrogen and oxygen atoms in total. The molecule has 2 aromatic rings. The van der Waals surface area contributed by atoms with E-state index < -0.39 is 20.9 Å². The van der Waals surface area contributed by atoms with Crippen LogP contribution >= 0.6 is 0 Å². The van der Waals surface area contributed by atoms with E-state index in [1.807, 2.05) is 0 Å². The van der Waals surface area contributed by atoms with Gasteiger partial charge in [-0.25, -0.2) is 18.2 Å². The highest BCUT2D eigenvalue weighted by molar-refractivity contribution is 7.90. The molecule has 2 N–H and O–H groups in total. The first-order chi connectivity index (χ1) is 14.1. The molecule has 1 aromatic carbocycles. The maximum Gasteiger partial charge on any atom is 0.407 e. The zero-order valence-electron chi connectivity index (χ0n) is 16.0. The van der Waals surface area contributed by atoms with Crippen LogP contribution < -0.4 is 10.1 Å². The number of anilines is 1. The Balaban J connectivity index is 1.80. The third-order valence-corrected chi connectivity index (χ3v) is 5.79. The van der Waals surface area contributed by atoms with E-state index in [1.54, 1.807) is 0 Å². The summed E-state index contributed by atoms with van der Waals surface area (Å²) in [5, 5.41) is 23.8. The zero-order valence-corrected chi connectivity index (χ0v) is 16.8. The van der Waals surface area contributed by atoms with Gasteiger partial charge in [0.15, 0.2) is 9.84 Å². The number of nitrogens with one attached hydrogen (secondary N) is 1. The lowest BCUT2D eigenvalue weighted by Gasteiger charge is -2.30. The largest absolute Gasteiger partial charge is 0.465 e. The minimum atomic E-state index is -3.38. The summed E-state index contributed by atoms with van der Waals surface area (Å²) >= 11 is 0. The van der Waals surface area contributed by atoms with Gasteiger partial charge >= 0.3 is 17.7 Å². The smallest absolute Gasteiger partial charge is 0.407 e. The second kappa shape index (κ2) is 8.53. The van der Waals surface area contributed by atoms with E-state index in [2.05, 4.69) is 10.3 Å². The number of amides is 1. The maximum atomic E-state index is 11.7. The molecule has 0 spiro atoms. The number of likely N-dealkylation sites (tertiary alicyclic amines) is 1. The molecule has 0 radical (unpaired) electrons. The summed E-state index contributed by atoms with van der Waals surface area (Å²) in [4.78, 5) is 27.4. The summed E-state index contributed by atoms with van der Waals surface area (Å²) in [6, 6.07) is 6.79. The molecule has 0 saturated carbocycles. The lowest BCUT2D eigenvalue weighted by Crippen LogP contribution is -2.41. The van der Waals surface area contributed by atoms with Gasteiger partial charge in [0.05, 0.1) is 9.82 Å². The van der Waals surface area contributed by atoms with Crippen molar-refractivity contribution in [1.29, 1.82) is 0 Å². The predicted molar refractivity (Wildman–Crippen MR) is 107 cm³/mol. The number of sulfone groups is 1. The summed E-state index contributed by atoms with van der Waals surface area (Å²) in [6.45, 7) is 0.670. The van der Waals surface area contributed by atoms with Crippen LogP contribution in [0.1, 0.15) is 12.8 Å². The number of carboxylic acid groups (broad SMARTS) is 1. The molecule has 12 heteroatoms. The normalized spacial score (nSPS) is 14.9. The first kappa shape index (κ1) is 21.3. The Hall–Kier alpha value is -3.41. The average Bonchev–Trinajstić information content (AvgIpc) is 2.68. The van der Waals surface area contributed by atoms with Crippen LogP contribution in [0.25, 0.3) is 0 Å². The fourth-order valence-corrected chi connectivity index (χ4v) is 3.73. The Kier molecular flexibility index (Phi) is 6.06. The Morgan fingerprint density at radius 2 is 1.90 bits per heavy atom. The zero-order chi connectivity index (χ0) is 21.9. The molecule has 1 saturated heterocycles. The Morgan fingerprint density at radius 1 is 1.27 bits per heavy atom. The molecule has 1 amide bonds. The van der Waals surface area contributed by atoms with Crippen molar-refractivity contribution in [2.75, 3.05) is 24.7 Å². The first-order valence-corrected chi connectivity index (χ1v) is 10.9. The quantitative estimate of drug-likeness (QED) is 0.514. The molecule has 2 heterocycles. The number of benzene rings is 1. The molecule has 0 atom stereocenters. The SMILES string of the molecule is CS(=O)(=O)c1ccc(Oc2nccc(NC3CCN(C(=O)O)CC3)c2[N+](=O)[O-])cc1. The van der Waals surface area contributed by atoms with Crippen molar-refractivity contribution in [3.63, 3.8) is 0 Å². The van der Waals surface area contributed by atoms with E-state index in [0.717, 1.165) is 6.26 Å². The van der Waals surface area contributed by atoms with Crippen LogP contribution in [0.3, 0.4) is 0 Å². The highest BCUT2D eigenvalue weighted by Crippen LogP contribution is 2.36. The first-order valence-electron chi connectivity index (χ1n) is 9.01. The van der Waals surface area contributed by atoms with Gasteiger partial charge in [-0.05, 0) is 43.2 Å². The lowest BCUT2D eigenvalue weighted by atomic mass is 10.0. The van der Waals surface area contributed by atoms with Gasteiger partial charge in [-0.15, -0.1) is 0 Å². The number of carbonyl (C=O) groups is 1. The van der Waals surface area contributed by atoms with Crippen LogP contribution in [0.2, 0.25) is 0 Å². The van der Waals surface area contributed by atoms with E-state index in [-0.39, 0.29) is 33.9 Å². The highest BCUT2D eigenvalue weighted by Gasteiger charge is 2.28. The van der Waals surface area contributed by atoms with Crippen molar-refractivity contribution in [2.24, 2.45) is 0 Å². The van der Waals surface area contributed by atoms with Crippen molar-refractivity contribution in [3.8, 4) is 11.6 Å². The van der Waals surface area contributed by atoms with Crippen molar-refractivity contribution >= 4 is 27.3 Å².